The molecule has 2 aliphatic heterocycles. The van der Waals surface area contributed by atoms with Crippen molar-refractivity contribution in [1.82, 2.24) is 4.90 Å². The molecule has 0 spiro atoms. The number of nitrogens with zero attached hydrogens (tertiary/aromatic N) is 2. The highest BCUT2D eigenvalue weighted by Crippen LogP contribution is 2.26. The smallest absolute Gasteiger partial charge is 0.148 e. The van der Waals surface area contributed by atoms with Crippen LogP contribution >= 0.6 is 0 Å². The summed E-state index contributed by atoms with van der Waals surface area (Å²) in [5.41, 5.74) is 6.76. The molecule has 3 rings (SSSR count). The van der Waals surface area contributed by atoms with Gasteiger partial charge in [0.2, 0.25) is 0 Å². The second-order valence-corrected chi connectivity index (χ2v) is 5.58. The van der Waals surface area contributed by atoms with Crippen molar-refractivity contribution < 1.29 is 9.13 Å². The van der Waals surface area contributed by atoms with Crippen LogP contribution in [-0.4, -0.2) is 50.3 Å². The lowest BCUT2D eigenvalue weighted by atomic mass is 10.0. The molecule has 0 bridgehead atoms. The molecule has 138 valence electrons. The van der Waals surface area contributed by atoms with Gasteiger partial charge < -0.3 is 15.4 Å². The van der Waals surface area contributed by atoms with Crippen LogP contribution in [0.2, 0.25) is 0 Å². The van der Waals surface area contributed by atoms with Gasteiger partial charge in [-0.2, -0.15) is 0 Å². The molecule has 0 atom stereocenters. The molecule has 1 aromatic rings. The molecule has 1 aromatic carbocycles. The van der Waals surface area contributed by atoms with Gasteiger partial charge in [0, 0.05) is 37.9 Å². The fraction of sp³-hybridized carbons (Fsp3) is 0.684. The normalized spacial score (nSPS) is 19.0. The van der Waals surface area contributed by atoms with Crippen molar-refractivity contribution >= 4 is 11.4 Å². The molecule has 0 unspecified atom stereocenters. The zero-order valence-corrected chi connectivity index (χ0v) is 15.7. The lowest BCUT2D eigenvalue weighted by Crippen LogP contribution is -2.49. The van der Waals surface area contributed by atoms with Crippen LogP contribution in [0, 0.1) is 5.82 Å². The molecular formula is C19H34FN3O. The van der Waals surface area contributed by atoms with E-state index in [9.17, 15) is 4.39 Å². The first-order valence-corrected chi connectivity index (χ1v) is 9.36. The molecule has 4 nitrogen and oxygen atoms in total. The second-order valence-electron chi connectivity index (χ2n) is 5.58. The summed E-state index contributed by atoms with van der Waals surface area (Å²) in [6.07, 6.45) is 2.17. The molecule has 0 aromatic heterocycles. The van der Waals surface area contributed by atoms with E-state index in [4.69, 9.17) is 10.5 Å². The lowest BCUT2D eigenvalue weighted by molar-refractivity contribution is 0.0115. The van der Waals surface area contributed by atoms with Gasteiger partial charge in [0.25, 0.3) is 0 Å². The van der Waals surface area contributed by atoms with E-state index >= 15 is 0 Å². The third-order valence-corrected chi connectivity index (χ3v) is 4.34. The van der Waals surface area contributed by atoms with Crippen LogP contribution in [0.4, 0.5) is 15.8 Å². The summed E-state index contributed by atoms with van der Waals surface area (Å²) < 4.78 is 19.3. The quantitative estimate of drug-likeness (QED) is 0.833. The van der Waals surface area contributed by atoms with E-state index in [1.54, 1.807) is 12.1 Å². The number of piperidine rings is 1. The first kappa shape index (κ1) is 20.7. The number of anilines is 2. The number of rotatable bonds is 2. The van der Waals surface area contributed by atoms with Crippen LogP contribution in [0.3, 0.4) is 0 Å². The van der Waals surface area contributed by atoms with Gasteiger partial charge in [0.05, 0.1) is 18.9 Å². The van der Waals surface area contributed by atoms with Crippen LogP contribution in [-0.2, 0) is 4.74 Å². The molecule has 2 N–H and O–H groups in total. The van der Waals surface area contributed by atoms with E-state index in [0.29, 0.717) is 17.4 Å². The predicted molar refractivity (Wildman–Crippen MR) is 101 cm³/mol. The maximum atomic E-state index is 13.9. The van der Waals surface area contributed by atoms with Crippen LogP contribution in [0.15, 0.2) is 18.2 Å². The van der Waals surface area contributed by atoms with E-state index in [0.717, 1.165) is 52.2 Å². The predicted octanol–water partition coefficient (Wildman–Crippen LogP) is 3.76. The third kappa shape index (κ3) is 5.64. The van der Waals surface area contributed by atoms with E-state index in [-0.39, 0.29) is 5.82 Å². The zero-order valence-electron chi connectivity index (χ0n) is 15.7. The maximum Gasteiger partial charge on any atom is 0.148 e. The first-order valence-electron chi connectivity index (χ1n) is 9.36. The topological polar surface area (TPSA) is 41.7 Å². The highest BCUT2D eigenvalue weighted by Gasteiger charge is 2.26. The molecule has 0 radical (unpaired) electrons. The highest BCUT2D eigenvalue weighted by molar-refractivity contribution is 5.54. The number of ether oxygens (including phenoxy) is 1. The number of nitrogen functional groups attached to an aromatic ring is 1. The Morgan fingerprint density at radius 3 is 2.12 bits per heavy atom. The van der Waals surface area contributed by atoms with Gasteiger partial charge in [-0.3, -0.25) is 4.90 Å². The summed E-state index contributed by atoms with van der Waals surface area (Å²) in [5.74, 6) is -0.213. The van der Waals surface area contributed by atoms with Crippen molar-refractivity contribution in [1.29, 1.82) is 0 Å². The van der Waals surface area contributed by atoms with Gasteiger partial charge in [-0.15, -0.1) is 0 Å². The standard InChI is InChI=1S/C15H22FN3O.2C2H6/c16-14-11-12(17)1-2-15(14)19-5-3-13(4-6-19)18-7-9-20-10-8-18;2*1-2/h1-2,11,13H,3-10,17H2;2*1-2H3. The molecule has 2 fully saturated rings. The molecule has 2 aliphatic rings. The summed E-state index contributed by atoms with van der Waals surface area (Å²) in [6, 6.07) is 5.59. The molecule has 5 heteroatoms. The van der Waals surface area contributed by atoms with Crippen LogP contribution in [0.1, 0.15) is 40.5 Å². The van der Waals surface area contributed by atoms with Crippen LogP contribution in [0.25, 0.3) is 0 Å². The van der Waals surface area contributed by atoms with Crippen LogP contribution < -0.4 is 10.6 Å². The molecule has 2 saturated heterocycles. The number of hydrogen-bond acceptors (Lipinski definition) is 4. The van der Waals surface area contributed by atoms with Crippen molar-refractivity contribution in [2.24, 2.45) is 0 Å². The van der Waals surface area contributed by atoms with Crippen molar-refractivity contribution in [2.45, 2.75) is 46.6 Å². The highest BCUT2D eigenvalue weighted by atomic mass is 19.1. The average Bonchev–Trinajstić information content (AvgIpc) is 2.66. The number of halogens is 1. The SMILES string of the molecule is CC.CC.Nc1ccc(N2CCC(N3CCOCC3)CC2)c(F)c1. The van der Waals surface area contributed by atoms with Crippen molar-refractivity contribution in [3.63, 3.8) is 0 Å². The van der Waals surface area contributed by atoms with E-state index in [1.165, 1.54) is 6.07 Å². The van der Waals surface area contributed by atoms with Gasteiger partial charge in [-0.25, -0.2) is 4.39 Å². The van der Waals surface area contributed by atoms with Gasteiger partial charge in [0.1, 0.15) is 5.82 Å². The minimum Gasteiger partial charge on any atom is -0.399 e. The summed E-state index contributed by atoms with van der Waals surface area (Å²) in [4.78, 5) is 4.64. The third-order valence-electron chi connectivity index (χ3n) is 4.34. The summed E-state index contributed by atoms with van der Waals surface area (Å²) in [7, 11) is 0. The molecule has 0 amide bonds. The lowest BCUT2D eigenvalue weighted by Gasteiger charge is -2.40. The van der Waals surface area contributed by atoms with Crippen molar-refractivity contribution in [3.8, 4) is 0 Å². The minimum absolute atomic E-state index is 0.213. The van der Waals surface area contributed by atoms with Crippen molar-refractivity contribution in [2.75, 3.05) is 50.0 Å². The van der Waals surface area contributed by atoms with Crippen LogP contribution in [0.5, 0.6) is 0 Å². The monoisotopic (exact) mass is 339 g/mol. The molecular weight excluding hydrogens is 305 g/mol. The Morgan fingerprint density at radius 1 is 1.00 bits per heavy atom. The van der Waals surface area contributed by atoms with Gasteiger partial charge in [0.15, 0.2) is 0 Å². The summed E-state index contributed by atoms with van der Waals surface area (Å²) >= 11 is 0. The van der Waals surface area contributed by atoms with E-state index in [2.05, 4.69) is 9.80 Å². The Kier molecular flexibility index (Phi) is 9.72. The fourth-order valence-corrected chi connectivity index (χ4v) is 3.19. The number of hydrogen-bond donors (Lipinski definition) is 1. The average molecular weight is 339 g/mol. The number of morpholine rings is 1. The number of benzene rings is 1. The minimum atomic E-state index is -0.213. The summed E-state index contributed by atoms with van der Waals surface area (Å²) in [6.45, 7) is 13.5. The Morgan fingerprint density at radius 2 is 1.58 bits per heavy atom. The molecule has 24 heavy (non-hydrogen) atoms. The molecule has 0 aliphatic carbocycles. The largest absolute Gasteiger partial charge is 0.399 e. The number of nitrogens with two attached hydrogens (primary N) is 1. The fourth-order valence-electron chi connectivity index (χ4n) is 3.19. The Balaban J connectivity index is 0.000000671. The van der Waals surface area contributed by atoms with Crippen molar-refractivity contribution in [3.05, 3.63) is 24.0 Å². The van der Waals surface area contributed by atoms with Gasteiger partial charge in [-0.05, 0) is 31.0 Å². The van der Waals surface area contributed by atoms with Gasteiger partial charge in [-0.1, -0.05) is 27.7 Å². The summed E-state index contributed by atoms with van der Waals surface area (Å²) in [5, 5.41) is 0. The molecule has 0 saturated carbocycles. The zero-order chi connectivity index (χ0) is 17.9. The Hall–Kier alpha value is -1.33. The first-order chi connectivity index (χ1) is 11.7. The van der Waals surface area contributed by atoms with Gasteiger partial charge >= 0.3 is 0 Å². The second kappa shape index (κ2) is 11.3. The molecule has 2 heterocycles. The maximum absolute atomic E-state index is 13.9. The Labute approximate surface area is 146 Å². The van der Waals surface area contributed by atoms with E-state index < -0.39 is 0 Å². The van der Waals surface area contributed by atoms with E-state index in [1.807, 2.05) is 27.7 Å². The Bertz CT molecular complexity index is 456.